The zero-order valence-corrected chi connectivity index (χ0v) is 13.4. The summed E-state index contributed by atoms with van der Waals surface area (Å²) in [5.74, 6) is 0.644. The molecule has 1 aromatic carbocycles. The molecule has 1 unspecified atom stereocenters. The molecule has 0 fully saturated rings. The summed E-state index contributed by atoms with van der Waals surface area (Å²) in [6.07, 6.45) is 0. The van der Waals surface area contributed by atoms with E-state index in [0.717, 1.165) is 30.0 Å². The third kappa shape index (κ3) is 6.14. The lowest BCUT2D eigenvalue weighted by Crippen LogP contribution is -2.38. The molecule has 0 aliphatic rings. The lowest BCUT2D eigenvalue weighted by Gasteiger charge is -2.16. The third-order valence-electron chi connectivity index (χ3n) is 3.03. The summed E-state index contributed by atoms with van der Waals surface area (Å²) in [4.78, 5) is 11.8. The summed E-state index contributed by atoms with van der Waals surface area (Å²) in [7, 11) is 1.61. The highest BCUT2D eigenvalue weighted by atomic mass is 16.5. The zero-order valence-electron chi connectivity index (χ0n) is 13.4. The van der Waals surface area contributed by atoms with Crippen LogP contribution in [0.2, 0.25) is 0 Å². The maximum Gasteiger partial charge on any atom is 0.258 e. The number of carbonyl (C=O) groups excluding carboxylic acids is 1. The molecule has 0 aliphatic heterocycles. The van der Waals surface area contributed by atoms with Gasteiger partial charge in [-0.25, -0.2) is 0 Å². The number of para-hydroxylation sites is 1. The van der Waals surface area contributed by atoms with Gasteiger partial charge in [-0.05, 0) is 26.0 Å². The van der Waals surface area contributed by atoms with Crippen molar-refractivity contribution in [3.8, 4) is 5.75 Å². The van der Waals surface area contributed by atoms with Gasteiger partial charge in [0, 0.05) is 25.3 Å². The summed E-state index contributed by atoms with van der Waals surface area (Å²) in [5.41, 5.74) is 2.10. The van der Waals surface area contributed by atoms with E-state index in [-0.39, 0.29) is 18.6 Å². The van der Waals surface area contributed by atoms with Gasteiger partial charge in [0.2, 0.25) is 0 Å². The molecule has 0 spiro atoms. The molecule has 0 saturated carbocycles. The first-order valence-corrected chi connectivity index (χ1v) is 7.28. The van der Waals surface area contributed by atoms with Crippen molar-refractivity contribution in [2.24, 2.45) is 0 Å². The van der Waals surface area contributed by atoms with Gasteiger partial charge in [0.1, 0.15) is 5.75 Å². The van der Waals surface area contributed by atoms with Gasteiger partial charge in [-0.1, -0.05) is 25.1 Å². The monoisotopic (exact) mass is 294 g/mol. The van der Waals surface area contributed by atoms with Crippen LogP contribution in [0.15, 0.2) is 18.2 Å². The van der Waals surface area contributed by atoms with E-state index in [1.54, 1.807) is 7.11 Å². The van der Waals surface area contributed by atoms with E-state index in [9.17, 15) is 4.79 Å². The highest BCUT2D eigenvalue weighted by Crippen LogP contribution is 2.23. The minimum absolute atomic E-state index is 0.0119. The molecule has 1 aromatic rings. The van der Waals surface area contributed by atoms with E-state index < -0.39 is 0 Å². The molecule has 118 valence electrons. The second kappa shape index (κ2) is 9.37. The fraction of sp³-hybridized carbons (Fsp3) is 0.562. The number of rotatable bonds is 9. The largest absolute Gasteiger partial charge is 0.483 e. The first kappa shape index (κ1) is 17.5. The van der Waals surface area contributed by atoms with E-state index in [0.29, 0.717) is 6.61 Å². The molecule has 0 bridgehead atoms. The van der Waals surface area contributed by atoms with E-state index in [1.807, 2.05) is 32.0 Å². The molecule has 1 rings (SSSR count). The Balaban J connectivity index is 2.59. The Labute approximate surface area is 127 Å². The Bertz CT molecular complexity index is 449. The van der Waals surface area contributed by atoms with Crippen LogP contribution in [0, 0.1) is 6.92 Å². The molecule has 0 heterocycles. The van der Waals surface area contributed by atoms with Crippen LogP contribution in [0.4, 0.5) is 0 Å². The van der Waals surface area contributed by atoms with E-state index in [4.69, 9.17) is 9.47 Å². The van der Waals surface area contributed by atoms with Gasteiger partial charge in [0.25, 0.3) is 5.91 Å². The Kier molecular flexibility index (Phi) is 7.79. The number of benzene rings is 1. The van der Waals surface area contributed by atoms with Crippen molar-refractivity contribution in [3.05, 3.63) is 29.3 Å². The highest BCUT2D eigenvalue weighted by Gasteiger charge is 2.11. The number of aryl methyl sites for hydroxylation is 1. The van der Waals surface area contributed by atoms with Crippen LogP contribution >= 0.6 is 0 Å². The Morgan fingerprint density at radius 2 is 2.14 bits per heavy atom. The molecule has 0 saturated heterocycles. The van der Waals surface area contributed by atoms with Crippen LogP contribution in [-0.4, -0.2) is 38.8 Å². The smallest absolute Gasteiger partial charge is 0.258 e. The van der Waals surface area contributed by atoms with Crippen molar-refractivity contribution in [1.29, 1.82) is 0 Å². The number of carbonyl (C=O) groups is 1. The predicted molar refractivity (Wildman–Crippen MR) is 83.5 cm³/mol. The Morgan fingerprint density at radius 1 is 1.38 bits per heavy atom. The molecule has 0 radical (unpaired) electrons. The fourth-order valence-corrected chi connectivity index (χ4v) is 2.06. The van der Waals surface area contributed by atoms with Crippen LogP contribution in [0.1, 0.15) is 25.0 Å². The van der Waals surface area contributed by atoms with Crippen molar-refractivity contribution in [2.75, 3.05) is 26.9 Å². The van der Waals surface area contributed by atoms with Gasteiger partial charge >= 0.3 is 0 Å². The molecular formula is C16H26N2O3. The molecule has 2 N–H and O–H groups in total. The van der Waals surface area contributed by atoms with E-state index >= 15 is 0 Å². The molecular weight excluding hydrogens is 268 g/mol. The minimum Gasteiger partial charge on any atom is -0.483 e. The van der Waals surface area contributed by atoms with Crippen LogP contribution < -0.4 is 15.4 Å². The summed E-state index contributed by atoms with van der Waals surface area (Å²) in [6.45, 7) is 8.06. The second-order valence-electron chi connectivity index (χ2n) is 5.06. The maximum atomic E-state index is 11.8. The summed E-state index contributed by atoms with van der Waals surface area (Å²) in [6, 6.07) is 5.96. The standard InChI is InChI=1S/C16H26N2O3/c1-5-17-9-14-8-6-7-12(2)16(14)21-11-15(19)18-13(3)10-20-4/h6-8,13,17H,5,9-11H2,1-4H3,(H,18,19). The quantitative estimate of drug-likeness (QED) is 0.727. The van der Waals surface area contributed by atoms with Crippen molar-refractivity contribution in [2.45, 2.75) is 33.4 Å². The number of amides is 1. The van der Waals surface area contributed by atoms with Crippen molar-refractivity contribution >= 4 is 5.91 Å². The van der Waals surface area contributed by atoms with E-state index in [1.165, 1.54) is 0 Å². The van der Waals surface area contributed by atoms with Gasteiger partial charge in [-0.15, -0.1) is 0 Å². The molecule has 0 aromatic heterocycles. The van der Waals surface area contributed by atoms with Crippen LogP contribution in [0.5, 0.6) is 5.75 Å². The minimum atomic E-state index is -0.141. The van der Waals surface area contributed by atoms with Crippen molar-refractivity contribution in [3.63, 3.8) is 0 Å². The first-order chi connectivity index (χ1) is 10.1. The summed E-state index contributed by atoms with van der Waals surface area (Å²) < 4.78 is 10.7. The van der Waals surface area contributed by atoms with Gasteiger partial charge < -0.3 is 20.1 Å². The van der Waals surface area contributed by atoms with Gasteiger partial charge in [-0.2, -0.15) is 0 Å². The Morgan fingerprint density at radius 3 is 2.81 bits per heavy atom. The van der Waals surface area contributed by atoms with Crippen LogP contribution in [0.25, 0.3) is 0 Å². The lowest BCUT2D eigenvalue weighted by molar-refractivity contribution is -0.124. The molecule has 5 nitrogen and oxygen atoms in total. The number of ether oxygens (including phenoxy) is 2. The average Bonchev–Trinajstić information content (AvgIpc) is 2.44. The zero-order chi connectivity index (χ0) is 15.7. The first-order valence-electron chi connectivity index (χ1n) is 7.28. The number of hydrogen-bond donors (Lipinski definition) is 2. The van der Waals surface area contributed by atoms with E-state index in [2.05, 4.69) is 17.6 Å². The molecule has 1 amide bonds. The number of methoxy groups -OCH3 is 1. The van der Waals surface area contributed by atoms with Crippen molar-refractivity contribution < 1.29 is 14.3 Å². The summed E-state index contributed by atoms with van der Waals surface area (Å²) in [5, 5.41) is 6.10. The fourth-order valence-electron chi connectivity index (χ4n) is 2.06. The molecule has 0 aliphatic carbocycles. The topological polar surface area (TPSA) is 59.6 Å². The summed E-state index contributed by atoms with van der Waals surface area (Å²) >= 11 is 0. The maximum absolute atomic E-state index is 11.8. The average molecular weight is 294 g/mol. The normalized spacial score (nSPS) is 12.0. The lowest BCUT2D eigenvalue weighted by atomic mass is 10.1. The number of nitrogens with one attached hydrogen (secondary N) is 2. The van der Waals surface area contributed by atoms with Crippen LogP contribution in [-0.2, 0) is 16.1 Å². The SMILES string of the molecule is CCNCc1cccc(C)c1OCC(=O)NC(C)COC. The molecule has 1 atom stereocenters. The highest BCUT2D eigenvalue weighted by molar-refractivity contribution is 5.77. The van der Waals surface area contributed by atoms with Gasteiger partial charge in [0.05, 0.1) is 6.61 Å². The third-order valence-corrected chi connectivity index (χ3v) is 3.03. The predicted octanol–water partition coefficient (Wildman–Crippen LogP) is 1.63. The van der Waals surface area contributed by atoms with Gasteiger partial charge in [-0.3, -0.25) is 4.79 Å². The Hall–Kier alpha value is -1.59. The molecule has 5 heteroatoms. The van der Waals surface area contributed by atoms with Gasteiger partial charge in [0.15, 0.2) is 6.61 Å². The second-order valence-corrected chi connectivity index (χ2v) is 5.06. The van der Waals surface area contributed by atoms with Crippen LogP contribution in [0.3, 0.4) is 0 Å². The van der Waals surface area contributed by atoms with Crippen molar-refractivity contribution in [1.82, 2.24) is 10.6 Å². The molecule has 21 heavy (non-hydrogen) atoms. The number of hydrogen-bond acceptors (Lipinski definition) is 4.